The predicted octanol–water partition coefficient (Wildman–Crippen LogP) is 4.28. The molecule has 0 radical (unpaired) electrons. The van der Waals surface area contributed by atoms with E-state index in [2.05, 4.69) is 21.7 Å². The molecule has 2 unspecified atom stereocenters. The second-order valence-electron chi connectivity index (χ2n) is 8.40. The fourth-order valence-electron chi connectivity index (χ4n) is 3.65. The van der Waals surface area contributed by atoms with Crippen molar-refractivity contribution in [2.75, 3.05) is 26.7 Å². The molecule has 2 aromatic rings. The Kier molecular flexibility index (Phi) is 8.67. The average Bonchev–Trinajstić information content (AvgIpc) is 3.37. The van der Waals surface area contributed by atoms with E-state index >= 15 is 0 Å². The molecule has 1 aliphatic heterocycles. The van der Waals surface area contributed by atoms with Gasteiger partial charge in [0.2, 0.25) is 6.23 Å². The van der Waals surface area contributed by atoms with Crippen molar-refractivity contribution < 1.29 is 32.3 Å². The van der Waals surface area contributed by atoms with Gasteiger partial charge in [-0.2, -0.15) is 4.37 Å². The van der Waals surface area contributed by atoms with Crippen LogP contribution >= 0.6 is 11.7 Å². The standard InChI is InChI=1S/C22H32N3O7S/c1-5-6-7-8-12-28-20-19(23-33-24-20)17-10-9-11-25(4,13-17)16(3)31-21(26)29-14-18-15(2)30-22(27)32-18/h10,16H,5-9,11-14H2,1-4H3/q+1. The van der Waals surface area contributed by atoms with Crippen molar-refractivity contribution >= 4 is 23.5 Å². The van der Waals surface area contributed by atoms with Crippen molar-refractivity contribution in [2.24, 2.45) is 0 Å². The molecule has 10 nitrogen and oxygen atoms in total. The van der Waals surface area contributed by atoms with Crippen LogP contribution in [0, 0.1) is 6.92 Å². The number of likely N-dealkylation sites (N-methyl/N-ethyl adjacent to an activating group) is 1. The molecule has 182 valence electrons. The lowest BCUT2D eigenvalue weighted by molar-refractivity contribution is -0.944. The minimum atomic E-state index is -0.840. The highest BCUT2D eigenvalue weighted by molar-refractivity contribution is 6.99. The lowest BCUT2D eigenvalue weighted by atomic mass is 10.0. The Bertz CT molecular complexity index is 1010. The number of carbonyl (C=O) groups is 1. The Balaban J connectivity index is 1.55. The van der Waals surface area contributed by atoms with Crippen molar-refractivity contribution in [3.8, 4) is 5.88 Å². The predicted molar refractivity (Wildman–Crippen MR) is 121 cm³/mol. The van der Waals surface area contributed by atoms with E-state index in [-0.39, 0.29) is 18.1 Å². The van der Waals surface area contributed by atoms with Gasteiger partial charge in [-0.05, 0) is 13.3 Å². The van der Waals surface area contributed by atoms with Gasteiger partial charge in [-0.3, -0.25) is 4.48 Å². The number of aryl methyl sites for hydroxylation is 1. The van der Waals surface area contributed by atoms with Crippen LogP contribution in [0.15, 0.2) is 19.7 Å². The molecule has 2 atom stereocenters. The van der Waals surface area contributed by atoms with Gasteiger partial charge in [0.15, 0.2) is 18.1 Å². The lowest BCUT2D eigenvalue weighted by Crippen LogP contribution is -2.55. The smallest absolute Gasteiger partial charge is 0.475 e. The zero-order chi connectivity index (χ0) is 23.8. The number of rotatable bonds is 11. The Hall–Kier alpha value is -2.66. The highest BCUT2D eigenvalue weighted by Gasteiger charge is 2.37. The third-order valence-electron chi connectivity index (χ3n) is 5.86. The summed E-state index contributed by atoms with van der Waals surface area (Å²) in [4.78, 5) is 23.3. The summed E-state index contributed by atoms with van der Waals surface area (Å²) in [7, 11) is 2.02. The van der Waals surface area contributed by atoms with Crippen molar-refractivity contribution in [2.45, 2.75) is 65.7 Å². The summed E-state index contributed by atoms with van der Waals surface area (Å²) in [6.07, 6.45) is 6.15. The Labute approximate surface area is 197 Å². The molecule has 33 heavy (non-hydrogen) atoms. The van der Waals surface area contributed by atoms with Crippen LogP contribution in [0.1, 0.15) is 63.2 Å². The van der Waals surface area contributed by atoms with Crippen LogP contribution in [-0.4, -0.2) is 52.4 Å². The van der Waals surface area contributed by atoms with Crippen LogP contribution < -0.4 is 10.6 Å². The summed E-state index contributed by atoms with van der Waals surface area (Å²) in [6.45, 7) is 7.36. The molecule has 0 N–H and O–H groups in total. The van der Waals surface area contributed by atoms with E-state index in [1.807, 2.05) is 14.0 Å². The van der Waals surface area contributed by atoms with E-state index in [9.17, 15) is 9.59 Å². The normalized spacial score (nSPS) is 19.1. The maximum absolute atomic E-state index is 12.2. The van der Waals surface area contributed by atoms with Crippen LogP contribution in [-0.2, 0) is 16.1 Å². The molecule has 0 bridgehead atoms. The summed E-state index contributed by atoms with van der Waals surface area (Å²) in [5.41, 5.74) is 1.79. The van der Waals surface area contributed by atoms with Crippen LogP contribution in [0.3, 0.4) is 0 Å². The first kappa shape index (κ1) is 25.0. The molecule has 0 aromatic carbocycles. The summed E-state index contributed by atoms with van der Waals surface area (Å²) < 4.78 is 35.4. The fraction of sp³-hybridized carbons (Fsp3) is 0.636. The van der Waals surface area contributed by atoms with E-state index < -0.39 is 18.2 Å². The number of hydrogen-bond acceptors (Lipinski definition) is 10. The first-order chi connectivity index (χ1) is 15.8. The Morgan fingerprint density at radius 1 is 1.27 bits per heavy atom. The molecular weight excluding hydrogens is 450 g/mol. The SMILES string of the molecule is CCCCCCOc1nsnc1C1=CCC[N+](C)(C(C)OC(=O)OCc2oc(=O)oc2C)C1. The molecule has 0 fully saturated rings. The van der Waals surface area contributed by atoms with Gasteiger partial charge in [-0.1, -0.05) is 32.3 Å². The van der Waals surface area contributed by atoms with Crippen molar-refractivity contribution in [1.82, 2.24) is 8.75 Å². The lowest BCUT2D eigenvalue weighted by Gasteiger charge is -2.40. The maximum Gasteiger partial charge on any atom is 0.519 e. The molecule has 0 spiro atoms. The number of carbonyl (C=O) groups excluding carboxylic acids is 1. The average molecular weight is 483 g/mol. The third kappa shape index (κ3) is 6.67. The van der Waals surface area contributed by atoms with Gasteiger partial charge in [0, 0.05) is 18.9 Å². The molecule has 0 saturated carbocycles. The Morgan fingerprint density at radius 3 is 2.82 bits per heavy atom. The third-order valence-corrected chi connectivity index (χ3v) is 6.37. The molecule has 1 aliphatic rings. The number of nitrogens with zero attached hydrogens (tertiary/aromatic N) is 3. The highest BCUT2D eigenvalue weighted by atomic mass is 32.1. The van der Waals surface area contributed by atoms with E-state index in [4.69, 9.17) is 23.0 Å². The van der Waals surface area contributed by atoms with Crippen LogP contribution in [0.5, 0.6) is 5.88 Å². The molecule has 3 rings (SSSR count). The van der Waals surface area contributed by atoms with Crippen molar-refractivity contribution in [1.29, 1.82) is 0 Å². The van der Waals surface area contributed by atoms with Crippen LogP contribution in [0.2, 0.25) is 0 Å². The van der Waals surface area contributed by atoms with E-state index in [1.54, 1.807) is 6.92 Å². The summed E-state index contributed by atoms with van der Waals surface area (Å²) in [5.74, 6) is 0.165. The minimum absolute atomic E-state index is 0.159. The molecule has 11 heteroatoms. The van der Waals surface area contributed by atoms with Gasteiger partial charge in [-0.15, -0.1) is 4.37 Å². The number of hydrogen-bond donors (Lipinski definition) is 0. The van der Waals surface area contributed by atoms with Crippen LogP contribution in [0.25, 0.3) is 5.57 Å². The number of quaternary nitrogens is 1. The zero-order valence-electron chi connectivity index (χ0n) is 19.6. The van der Waals surface area contributed by atoms with Gasteiger partial charge < -0.3 is 23.0 Å². The number of unbranched alkanes of at least 4 members (excludes halogenated alkanes) is 3. The molecule has 0 amide bonds. The first-order valence-electron chi connectivity index (χ1n) is 11.2. The summed E-state index contributed by atoms with van der Waals surface area (Å²) >= 11 is 1.14. The van der Waals surface area contributed by atoms with Gasteiger partial charge >= 0.3 is 12.0 Å². The van der Waals surface area contributed by atoms with Crippen LogP contribution in [0.4, 0.5) is 4.79 Å². The van der Waals surface area contributed by atoms with Gasteiger partial charge in [0.25, 0.3) is 5.88 Å². The van der Waals surface area contributed by atoms with E-state index in [0.717, 1.165) is 48.8 Å². The topological polar surface area (TPSA) is 114 Å². The van der Waals surface area contributed by atoms with Crippen molar-refractivity contribution in [3.63, 3.8) is 0 Å². The van der Waals surface area contributed by atoms with Gasteiger partial charge in [0.1, 0.15) is 12.2 Å². The monoisotopic (exact) mass is 482 g/mol. The quantitative estimate of drug-likeness (QED) is 0.263. The molecule has 0 saturated heterocycles. The van der Waals surface area contributed by atoms with E-state index in [0.29, 0.717) is 23.5 Å². The second-order valence-corrected chi connectivity index (χ2v) is 8.92. The minimum Gasteiger partial charge on any atom is -0.475 e. The largest absolute Gasteiger partial charge is 0.519 e. The molecule has 3 heterocycles. The summed E-state index contributed by atoms with van der Waals surface area (Å²) in [6, 6.07) is 0. The van der Waals surface area contributed by atoms with Crippen molar-refractivity contribution in [3.05, 3.63) is 33.9 Å². The highest BCUT2D eigenvalue weighted by Crippen LogP contribution is 2.31. The maximum atomic E-state index is 12.2. The number of aromatic nitrogens is 2. The Morgan fingerprint density at radius 2 is 2.09 bits per heavy atom. The zero-order valence-corrected chi connectivity index (χ0v) is 20.4. The fourth-order valence-corrected chi connectivity index (χ4v) is 4.18. The second kappa shape index (κ2) is 11.5. The molecule has 0 aliphatic carbocycles. The number of ether oxygens (including phenoxy) is 3. The summed E-state index contributed by atoms with van der Waals surface area (Å²) in [5, 5.41) is 0. The van der Waals surface area contributed by atoms with E-state index in [1.165, 1.54) is 12.8 Å². The molecule has 2 aromatic heterocycles. The van der Waals surface area contributed by atoms with Gasteiger partial charge in [0.05, 0.1) is 31.9 Å². The molecular formula is C22H32N3O7S+. The van der Waals surface area contributed by atoms with Gasteiger partial charge in [-0.25, -0.2) is 9.59 Å². The first-order valence-corrected chi connectivity index (χ1v) is 12.0.